The van der Waals surface area contributed by atoms with Crippen LogP contribution in [0.2, 0.25) is 0 Å². The van der Waals surface area contributed by atoms with Crippen LogP contribution in [0, 0.1) is 12.7 Å². The average Bonchev–Trinajstić information content (AvgIpc) is 2.82. The van der Waals surface area contributed by atoms with Crippen LogP contribution in [0.3, 0.4) is 0 Å². The zero-order valence-corrected chi connectivity index (χ0v) is 13.7. The van der Waals surface area contributed by atoms with E-state index in [0.29, 0.717) is 22.5 Å². The van der Waals surface area contributed by atoms with Gasteiger partial charge in [0.05, 0.1) is 5.56 Å². The van der Waals surface area contributed by atoms with Crippen LogP contribution < -0.4 is 11.1 Å². The van der Waals surface area contributed by atoms with E-state index in [1.165, 1.54) is 29.5 Å². The van der Waals surface area contributed by atoms with E-state index in [-0.39, 0.29) is 11.7 Å². The summed E-state index contributed by atoms with van der Waals surface area (Å²) in [7, 11) is 0. The van der Waals surface area contributed by atoms with Gasteiger partial charge in [-0.1, -0.05) is 19.1 Å². The Morgan fingerprint density at radius 2 is 1.96 bits per heavy atom. The minimum atomic E-state index is -0.552. The highest BCUT2D eigenvalue weighted by Crippen LogP contribution is 2.33. The topological polar surface area (TPSA) is 72.2 Å². The molecule has 0 saturated heterocycles. The van der Waals surface area contributed by atoms with Gasteiger partial charge in [0.1, 0.15) is 10.8 Å². The summed E-state index contributed by atoms with van der Waals surface area (Å²) in [5.41, 5.74) is 7.36. The number of rotatable bonds is 5. The first kappa shape index (κ1) is 16.9. The second kappa shape index (κ2) is 7.19. The van der Waals surface area contributed by atoms with Gasteiger partial charge in [-0.15, -0.1) is 11.3 Å². The van der Waals surface area contributed by atoms with Gasteiger partial charge >= 0.3 is 0 Å². The lowest BCUT2D eigenvalue weighted by Crippen LogP contribution is -2.16. The third kappa shape index (κ3) is 4.04. The lowest BCUT2D eigenvalue weighted by molar-refractivity contribution is -0.111. The van der Waals surface area contributed by atoms with Gasteiger partial charge in [0, 0.05) is 11.0 Å². The van der Waals surface area contributed by atoms with Crippen LogP contribution in [0.25, 0.3) is 6.08 Å². The number of thiophene rings is 1. The summed E-state index contributed by atoms with van der Waals surface area (Å²) in [4.78, 5) is 24.6. The molecule has 1 aromatic heterocycles. The van der Waals surface area contributed by atoms with E-state index in [9.17, 15) is 14.0 Å². The molecule has 23 heavy (non-hydrogen) atoms. The van der Waals surface area contributed by atoms with E-state index in [1.54, 1.807) is 18.2 Å². The molecule has 6 heteroatoms. The minimum absolute atomic E-state index is 0.334. The second-order valence-corrected chi connectivity index (χ2v) is 6.16. The fraction of sp³-hybridized carbons (Fsp3) is 0.176. The molecule has 3 N–H and O–H groups in total. The van der Waals surface area contributed by atoms with Crippen LogP contribution in [0.5, 0.6) is 0 Å². The summed E-state index contributed by atoms with van der Waals surface area (Å²) in [5, 5.41) is 3.15. The van der Waals surface area contributed by atoms with E-state index in [2.05, 4.69) is 5.32 Å². The van der Waals surface area contributed by atoms with Crippen molar-refractivity contribution in [3.05, 3.63) is 57.7 Å². The maximum absolute atomic E-state index is 12.8. The number of benzene rings is 1. The SMILES string of the molecule is CCc1c(C)sc(NC(=O)/C=C\c2ccc(F)cc2)c1C(N)=O. The number of nitrogens with two attached hydrogens (primary N) is 1. The number of carbonyl (C=O) groups is 2. The van der Waals surface area contributed by atoms with Gasteiger partial charge in [-0.3, -0.25) is 9.59 Å². The number of amides is 2. The first-order valence-corrected chi connectivity index (χ1v) is 7.90. The van der Waals surface area contributed by atoms with Crippen molar-refractivity contribution in [3.8, 4) is 0 Å². The molecule has 4 nitrogen and oxygen atoms in total. The Kier molecular flexibility index (Phi) is 5.28. The summed E-state index contributed by atoms with van der Waals surface area (Å²) < 4.78 is 12.8. The van der Waals surface area contributed by atoms with E-state index >= 15 is 0 Å². The first-order valence-electron chi connectivity index (χ1n) is 7.09. The average molecular weight is 332 g/mol. The standard InChI is InChI=1S/C17H17FN2O2S/c1-3-13-10(2)23-17(15(13)16(19)22)20-14(21)9-6-11-4-7-12(18)8-5-11/h4-9H,3H2,1-2H3,(H2,19,22)(H,20,21)/b9-6-. The summed E-state index contributed by atoms with van der Waals surface area (Å²) in [5.74, 6) is -1.26. The largest absolute Gasteiger partial charge is 0.365 e. The number of hydrogen-bond donors (Lipinski definition) is 2. The molecule has 120 valence electrons. The molecule has 0 aliphatic rings. The van der Waals surface area contributed by atoms with Crippen LogP contribution in [-0.4, -0.2) is 11.8 Å². The molecule has 0 saturated carbocycles. The van der Waals surface area contributed by atoms with Gasteiger partial charge in [0.15, 0.2) is 0 Å². The Labute approximate surface area is 137 Å². The Morgan fingerprint density at radius 3 is 2.52 bits per heavy atom. The Bertz CT molecular complexity index is 764. The van der Waals surface area contributed by atoms with Gasteiger partial charge in [-0.2, -0.15) is 0 Å². The predicted octanol–water partition coefficient (Wildman–Crippen LogP) is 3.51. The zero-order chi connectivity index (χ0) is 17.0. The molecule has 0 aliphatic carbocycles. The molecule has 0 radical (unpaired) electrons. The molecule has 1 aromatic carbocycles. The van der Waals surface area contributed by atoms with E-state index < -0.39 is 5.91 Å². The van der Waals surface area contributed by atoms with Crippen LogP contribution in [0.15, 0.2) is 30.3 Å². The van der Waals surface area contributed by atoms with Crippen LogP contribution >= 0.6 is 11.3 Å². The monoisotopic (exact) mass is 332 g/mol. The van der Waals surface area contributed by atoms with Gasteiger partial charge in [-0.25, -0.2) is 4.39 Å². The molecular weight excluding hydrogens is 315 g/mol. The predicted molar refractivity (Wildman–Crippen MR) is 91.0 cm³/mol. The van der Waals surface area contributed by atoms with Crippen molar-refractivity contribution >= 4 is 34.2 Å². The minimum Gasteiger partial charge on any atom is -0.365 e. The highest BCUT2D eigenvalue weighted by Gasteiger charge is 2.19. The quantitative estimate of drug-likeness (QED) is 0.823. The molecule has 0 spiro atoms. The van der Waals surface area contributed by atoms with Crippen molar-refractivity contribution in [1.29, 1.82) is 0 Å². The summed E-state index contributed by atoms with van der Waals surface area (Å²) in [6.45, 7) is 3.82. The van der Waals surface area contributed by atoms with Gasteiger partial charge in [-0.05, 0) is 42.7 Å². The first-order chi connectivity index (χ1) is 10.9. The molecular formula is C17H17FN2O2S. The lowest BCUT2D eigenvalue weighted by Gasteiger charge is -2.03. The highest BCUT2D eigenvalue weighted by atomic mass is 32.1. The Morgan fingerprint density at radius 1 is 1.30 bits per heavy atom. The van der Waals surface area contributed by atoms with Crippen LogP contribution in [0.1, 0.15) is 33.3 Å². The number of primary amides is 1. The fourth-order valence-corrected chi connectivity index (χ4v) is 3.41. The lowest BCUT2D eigenvalue weighted by atomic mass is 10.1. The molecule has 0 unspecified atom stereocenters. The summed E-state index contributed by atoms with van der Waals surface area (Å²) >= 11 is 1.33. The Balaban J connectivity index is 2.17. The maximum atomic E-state index is 12.8. The molecule has 2 rings (SSSR count). The van der Waals surface area contributed by atoms with Crippen molar-refractivity contribution in [3.63, 3.8) is 0 Å². The maximum Gasteiger partial charge on any atom is 0.251 e. The molecule has 0 bridgehead atoms. The number of anilines is 1. The number of hydrogen-bond acceptors (Lipinski definition) is 3. The van der Waals surface area contributed by atoms with Crippen molar-refractivity contribution in [2.45, 2.75) is 20.3 Å². The van der Waals surface area contributed by atoms with E-state index in [0.717, 1.165) is 10.4 Å². The smallest absolute Gasteiger partial charge is 0.251 e. The molecule has 0 fully saturated rings. The van der Waals surface area contributed by atoms with Crippen molar-refractivity contribution < 1.29 is 14.0 Å². The molecule has 0 aliphatic heterocycles. The molecule has 2 amide bonds. The fourth-order valence-electron chi connectivity index (χ4n) is 2.25. The number of halogens is 1. The number of aryl methyl sites for hydroxylation is 1. The van der Waals surface area contributed by atoms with E-state index in [4.69, 9.17) is 5.73 Å². The van der Waals surface area contributed by atoms with Gasteiger partial charge in [0.2, 0.25) is 5.91 Å². The van der Waals surface area contributed by atoms with Crippen LogP contribution in [-0.2, 0) is 11.2 Å². The Hall–Kier alpha value is -2.47. The normalized spacial score (nSPS) is 10.9. The number of carbonyl (C=O) groups excluding carboxylic acids is 2. The zero-order valence-electron chi connectivity index (χ0n) is 12.9. The molecule has 2 aromatic rings. The third-order valence-corrected chi connectivity index (χ3v) is 4.41. The van der Waals surface area contributed by atoms with E-state index in [1.807, 2.05) is 13.8 Å². The summed E-state index contributed by atoms with van der Waals surface area (Å²) in [6, 6.07) is 5.77. The van der Waals surface area contributed by atoms with Crippen LogP contribution in [0.4, 0.5) is 9.39 Å². The van der Waals surface area contributed by atoms with Gasteiger partial charge in [0.25, 0.3) is 5.91 Å². The van der Waals surface area contributed by atoms with Crippen molar-refractivity contribution in [2.24, 2.45) is 5.73 Å². The van der Waals surface area contributed by atoms with Crippen molar-refractivity contribution in [2.75, 3.05) is 5.32 Å². The second-order valence-electron chi connectivity index (χ2n) is 4.93. The highest BCUT2D eigenvalue weighted by molar-refractivity contribution is 7.16. The molecule has 1 heterocycles. The number of nitrogens with one attached hydrogen (secondary N) is 1. The molecule has 0 atom stereocenters. The third-order valence-electron chi connectivity index (χ3n) is 3.34. The summed E-state index contributed by atoms with van der Waals surface area (Å²) in [6.07, 6.45) is 3.57. The van der Waals surface area contributed by atoms with Crippen molar-refractivity contribution in [1.82, 2.24) is 0 Å². The van der Waals surface area contributed by atoms with Gasteiger partial charge < -0.3 is 11.1 Å².